The lowest BCUT2D eigenvalue weighted by atomic mass is 10.2. The van der Waals surface area contributed by atoms with E-state index in [0.29, 0.717) is 18.9 Å². The summed E-state index contributed by atoms with van der Waals surface area (Å²) in [4.78, 5) is 9.23. The van der Waals surface area contributed by atoms with E-state index in [-0.39, 0.29) is 0 Å². The van der Waals surface area contributed by atoms with E-state index < -0.39 is 0 Å². The molecule has 6 nitrogen and oxygen atoms in total. The highest BCUT2D eigenvalue weighted by Gasteiger charge is 2.09. The van der Waals surface area contributed by atoms with Crippen molar-refractivity contribution in [1.82, 2.24) is 10.1 Å². The number of nitrogens with zero attached hydrogens (tertiary/aromatic N) is 3. The average Bonchev–Trinajstić information content (AvgIpc) is 2.71. The second kappa shape index (κ2) is 5.99. The SMILES string of the molecule is Cc1noc(C)c1CON=C(N)Cc1cccnc1. The molecular weight excluding hydrogens is 244 g/mol. The lowest BCUT2D eigenvalue weighted by Gasteiger charge is -2.02. The first kappa shape index (κ1) is 13.1. The molecule has 2 rings (SSSR count). The predicted octanol–water partition coefficient (Wildman–Crippen LogP) is 1.72. The van der Waals surface area contributed by atoms with E-state index in [4.69, 9.17) is 15.1 Å². The van der Waals surface area contributed by atoms with Gasteiger partial charge in [0.1, 0.15) is 18.2 Å². The van der Waals surface area contributed by atoms with Crippen LogP contribution in [-0.2, 0) is 17.9 Å². The Labute approximate surface area is 111 Å². The molecule has 6 heteroatoms. The van der Waals surface area contributed by atoms with Gasteiger partial charge in [-0.15, -0.1) is 0 Å². The van der Waals surface area contributed by atoms with Gasteiger partial charge in [0.2, 0.25) is 0 Å². The Balaban J connectivity index is 1.89. The van der Waals surface area contributed by atoms with Gasteiger partial charge in [0.15, 0.2) is 0 Å². The van der Waals surface area contributed by atoms with Crippen LogP contribution in [0.3, 0.4) is 0 Å². The molecule has 0 aliphatic rings. The zero-order valence-corrected chi connectivity index (χ0v) is 11.0. The number of hydrogen-bond acceptors (Lipinski definition) is 5. The smallest absolute Gasteiger partial charge is 0.147 e. The molecular formula is C13H16N4O2. The van der Waals surface area contributed by atoms with Gasteiger partial charge in [-0.05, 0) is 25.5 Å². The van der Waals surface area contributed by atoms with Crippen molar-refractivity contribution in [2.75, 3.05) is 0 Å². The minimum absolute atomic E-state index is 0.301. The number of aryl methyl sites for hydroxylation is 2. The molecule has 19 heavy (non-hydrogen) atoms. The summed E-state index contributed by atoms with van der Waals surface area (Å²) in [6.45, 7) is 3.99. The fourth-order valence-corrected chi connectivity index (χ4v) is 1.63. The third-order valence-corrected chi connectivity index (χ3v) is 2.68. The monoisotopic (exact) mass is 260 g/mol. The van der Waals surface area contributed by atoms with Gasteiger partial charge in [-0.2, -0.15) is 0 Å². The summed E-state index contributed by atoms with van der Waals surface area (Å²) in [5.41, 5.74) is 8.47. The Kier molecular flexibility index (Phi) is 4.12. The maximum atomic E-state index is 5.78. The van der Waals surface area contributed by atoms with Gasteiger partial charge in [0.05, 0.1) is 11.3 Å². The largest absolute Gasteiger partial charge is 0.389 e. The number of aromatic nitrogens is 2. The lowest BCUT2D eigenvalue weighted by Crippen LogP contribution is -2.15. The molecule has 0 unspecified atom stereocenters. The molecule has 0 radical (unpaired) electrons. The van der Waals surface area contributed by atoms with Crippen LogP contribution in [0.25, 0.3) is 0 Å². The summed E-state index contributed by atoms with van der Waals surface area (Å²) in [5, 5.41) is 7.71. The lowest BCUT2D eigenvalue weighted by molar-refractivity contribution is 0.128. The standard InChI is InChI=1S/C13H16N4O2/c1-9-12(10(2)19-16-9)8-18-17-13(14)6-11-4-3-5-15-7-11/h3-5,7H,6,8H2,1-2H3,(H2,14,17). The van der Waals surface area contributed by atoms with Crippen LogP contribution in [0.2, 0.25) is 0 Å². The molecule has 2 heterocycles. The van der Waals surface area contributed by atoms with E-state index in [2.05, 4.69) is 15.3 Å². The summed E-state index contributed by atoms with van der Waals surface area (Å²) >= 11 is 0. The van der Waals surface area contributed by atoms with Gasteiger partial charge in [-0.3, -0.25) is 4.98 Å². The minimum atomic E-state index is 0.301. The Morgan fingerprint density at radius 1 is 1.47 bits per heavy atom. The van der Waals surface area contributed by atoms with E-state index in [1.165, 1.54) is 0 Å². The molecule has 0 aliphatic carbocycles. The highest BCUT2D eigenvalue weighted by atomic mass is 16.6. The third kappa shape index (κ3) is 3.54. The highest BCUT2D eigenvalue weighted by Crippen LogP contribution is 2.13. The average molecular weight is 260 g/mol. The Morgan fingerprint density at radius 2 is 2.32 bits per heavy atom. The fraction of sp³-hybridized carbons (Fsp3) is 0.308. The van der Waals surface area contributed by atoms with Crippen LogP contribution in [0.15, 0.2) is 34.2 Å². The van der Waals surface area contributed by atoms with Crippen molar-refractivity contribution in [3.63, 3.8) is 0 Å². The summed E-state index contributed by atoms with van der Waals surface area (Å²) in [6, 6.07) is 3.79. The van der Waals surface area contributed by atoms with Gasteiger partial charge >= 0.3 is 0 Å². The van der Waals surface area contributed by atoms with Gasteiger partial charge in [-0.25, -0.2) is 0 Å². The fourth-order valence-electron chi connectivity index (χ4n) is 1.63. The van der Waals surface area contributed by atoms with Crippen molar-refractivity contribution in [3.05, 3.63) is 47.1 Å². The zero-order valence-electron chi connectivity index (χ0n) is 11.0. The number of rotatable bonds is 5. The van der Waals surface area contributed by atoms with Gasteiger partial charge < -0.3 is 15.1 Å². The maximum Gasteiger partial charge on any atom is 0.147 e. The molecule has 0 aliphatic heterocycles. The Bertz CT molecular complexity index is 544. The number of hydrogen-bond donors (Lipinski definition) is 1. The molecule has 2 N–H and O–H groups in total. The van der Waals surface area contributed by atoms with Crippen LogP contribution in [0.5, 0.6) is 0 Å². The number of amidine groups is 1. The van der Waals surface area contributed by atoms with E-state index in [1.54, 1.807) is 12.4 Å². The molecule has 2 aromatic heterocycles. The predicted molar refractivity (Wildman–Crippen MR) is 70.3 cm³/mol. The zero-order chi connectivity index (χ0) is 13.7. The first-order chi connectivity index (χ1) is 9.16. The molecule has 2 aromatic rings. The molecule has 0 amide bonds. The van der Waals surface area contributed by atoms with Gasteiger partial charge in [0, 0.05) is 18.8 Å². The number of oxime groups is 1. The molecule has 0 atom stereocenters. The highest BCUT2D eigenvalue weighted by molar-refractivity contribution is 5.81. The molecule has 0 fully saturated rings. The first-order valence-electron chi connectivity index (χ1n) is 5.91. The Morgan fingerprint density at radius 3 is 2.95 bits per heavy atom. The van der Waals surface area contributed by atoms with E-state index >= 15 is 0 Å². The minimum Gasteiger partial charge on any atom is -0.389 e. The van der Waals surface area contributed by atoms with Crippen LogP contribution in [-0.4, -0.2) is 16.0 Å². The second-order valence-corrected chi connectivity index (χ2v) is 4.20. The molecule has 0 aromatic carbocycles. The van der Waals surface area contributed by atoms with Crippen molar-refractivity contribution in [1.29, 1.82) is 0 Å². The van der Waals surface area contributed by atoms with Crippen molar-refractivity contribution < 1.29 is 9.36 Å². The van der Waals surface area contributed by atoms with Crippen LogP contribution in [0.4, 0.5) is 0 Å². The van der Waals surface area contributed by atoms with Gasteiger partial charge in [-0.1, -0.05) is 16.4 Å². The van der Waals surface area contributed by atoms with E-state index in [9.17, 15) is 0 Å². The van der Waals surface area contributed by atoms with Crippen LogP contribution in [0.1, 0.15) is 22.6 Å². The van der Waals surface area contributed by atoms with Crippen molar-refractivity contribution in [3.8, 4) is 0 Å². The van der Waals surface area contributed by atoms with Crippen LogP contribution >= 0.6 is 0 Å². The summed E-state index contributed by atoms with van der Waals surface area (Å²) in [7, 11) is 0. The quantitative estimate of drug-likeness (QED) is 0.502. The van der Waals surface area contributed by atoms with Crippen LogP contribution < -0.4 is 5.73 Å². The number of pyridine rings is 1. The molecule has 0 saturated carbocycles. The van der Waals surface area contributed by atoms with Crippen molar-refractivity contribution >= 4 is 5.84 Å². The van der Waals surface area contributed by atoms with Crippen molar-refractivity contribution in [2.45, 2.75) is 26.9 Å². The molecule has 100 valence electrons. The summed E-state index contributed by atoms with van der Waals surface area (Å²) in [5.74, 6) is 1.14. The second-order valence-electron chi connectivity index (χ2n) is 4.20. The van der Waals surface area contributed by atoms with Crippen LogP contribution in [0, 0.1) is 13.8 Å². The first-order valence-corrected chi connectivity index (χ1v) is 5.91. The van der Waals surface area contributed by atoms with Gasteiger partial charge in [0.25, 0.3) is 0 Å². The Hall–Kier alpha value is -2.37. The third-order valence-electron chi connectivity index (χ3n) is 2.68. The molecule has 0 spiro atoms. The molecule has 0 saturated heterocycles. The summed E-state index contributed by atoms with van der Waals surface area (Å²) < 4.78 is 5.03. The maximum absolute atomic E-state index is 5.78. The van der Waals surface area contributed by atoms with Crippen molar-refractivity contribution in [2.24, 2.45) is 10.9 Å². The normalized spacial score (nSPS) is 11.6. The molecule has 0 bridgehead atoms. The van der Waals surface area contributed by atoms with E-state index in [0.717, 1.165) is 22.6 Å². The topological polar surface area (TPSA) is 86.5 Å². The van der Waals surface area contributed by atoms with E-state index in [1.807, 2.05) is 26.0 Å². The number of nitrogens with two attached hydrogens (primary N) is 1. The summed E-state index contributed by atoms with van der Waals surface area (Å²) in [6.07, 6.45) is 3.97.